The van der Waals surface area contributed by atoms with Crippen molar-refractivity contribution in [3.63, 3.8) is 0 Å². The van der Waals surface area contributed by atoms with Crippen LogP contribution in [-0.2, 0) is 6.54 Å². The van der Waals surface area contributed by atoms with Crippen LogP contribution in [0.1, 0.15) is 74.2 Å². The topological polar surface area (TPSA) is 84.7 Å². The standard InChI is InChI=1S/C24H35N3O4/c1-6-7-12-30-20-10-8-19(9-11-20)24(29)27(14-18(4)5)15-22-26-21(16-31-22)23(28)25-13-17(2)3/h8-11,16-18H,6-7,12-15H2,1-5H3,(H,25,28). The molecule has 170 valence electrons. The summed E-state index contributed by atoms with van der Waals surface area (Å²) in [4.78, 5) is 31.3. The molecule has 0 spiro atoms. The number of ether oxygens (including phenoxy) is 1. The first-order chi connectivity index (χ1) is 14.8. The molecule has 1 N–H and O–H groups in total. The number of carbonyl (C=O) groups excluding carboxylic acids is 2. The summed E-state index contributed by atoms with van der Waals surface area (Å²) in [6.07, 6.45) is 3.41. The summed E-state index contributed by atoms with van der Waals surface area (Å²) in [5.74, 6) is 1.32. The second-order valence-electron chi connectivity index (χ2n) is 8.54. The number of nitrogens with one attached hydrogen (secondary N) is 1. The molecule has 2 rings (SSSR count). The first-order valence-corrected chi connectivity index (χ1v) is 11.0. The van der Waals surface area contributed by atoms with Gasteiger partial charge in [-0.15, -0.1) is 0 Å². The van der Waals surface area contributed by atoms with Gasteiger partial charge in [0.25, 0.3) is 11.8 Å². The SMILES string of the molecule is CCCCOc1ccc(C(=O)N(Cc2nc(C(=O)NCC(C)C)co2)CC(C)C)cc1. The zero-order chi connectivity index (χ0) is 22.8. The molecule has 0 saturated carbocycles. The molecule has 0 saturated heterocycles. The molecule has 1 aromatic carbocycles. The van der Waals surface area contributed by atoms with Gasteiger partial charge in [-0.3, -0.25) is 9.59 Å². The van der Waals surface area contributed by atoms with Crippen LogP contribution >= 0.6 is 0 Å². The number of unbranched alkanes of at least 4 members (excludes halogenated alkanes) is 1. The Kier molecular flexibility index (Phi) is 9.56. The van der Waals surface area contributed by atoms with E-state index >= 15 is 0 Å². The molecule has 2 amide bonds. The molecule has 0 bridgehead atoms. The van der Waals surface area contributed by atoms with Gasteiger partial charge in [0, 0.05) is 18.7 Å². The Hall–Kier alpha value is -2.83. The van der Waals surface area contributed by atoms with Crippen LogP contribution in [0.4, 0.5) is 0 Å². The Morgan fingerprint density at radius 2 is 1.84 bits per heavy atom. The lowest BCUT2D eigenvalue weighted by Crippen LogP contribution is -2.34. The third kappa shape index (κ3) is 8.07. The van der Waals surface area contributed by atoms with Gasteiger partial charge in [0.2, 0.25) is 5.89 Å². The highest BCUT2D eigenvalue weighted by molar-refractivity contribution is 5.94. The average Bonchev–Trinajstić information content (AvgIpc) is 3.20. The predicted octanol–water partition coefficient (Wildman–Crippen LogP) is 4.54. The molecular weight excluding hydrogens is 394 g/mol. The molecule has 0 fully saturated rings. The summed E-state index contributed by atoms with van der Waals surface area (Å²) >= 11 is 0. The minimum Gasteiger partial charge on any atom is -0.494 e. The summed E-state index contributed by atoms with van der Waals surface area (Å²) in [5.41, 5.74) is 0.797. The van der Waals surface area contributed by atoms with Gasteiger partial charge in [-0.1, -0.05) is 41.0 Å². The number of aromatic nitrogens is 1. The summed E-state index contributed by atoms with van der Waals surface area (Å²) in [6, 6.07) is 7.19. The molecule has 0 aliphatic heterocycles. The van der Waals surface area contributed by atoms with Gasteiger partial charge in [-0.25, -0.2) is 4.98 Å². The largest absolute Gasteiger partial charge is 0.494 e. The van der Waals surface area contributed by atoms with Crippen LogP contribution < -0.4 is 10.1 Å². The predicted molar refractivity (Wildman–Crippen MR) is 120 cm³/mol. The molecule has 7 nitrogen and oxygen atoms in total. The molecular formula is C24H35N3O4. The fourth-order valence-corrected chi connectivity index (χ4v) is 2.91. The molecule has 7 heteroatoms. The van der Waals surface area contributed by atoms with Gasteiger partial charge in [0.1, 0.15) is 12.0 Å². The first kappa shape index (κ1) is 24.4. The molecule has 2 aromatic rings. The van der Waals surface area contributed by atoms with E-state index in [-0.39, 0.29) is 30.0 Å². The number of benzene rings is 1. The van der Waals surface area contributed by atoms with E-state index in [1.54, 1.807) is 17.0 Å². The van der Waals surface area contributed by atoms with E-state index in [1.807, 2.05) is 39.8 Å². The maximum Gasteiger partial charge on any atom is 0.273 e. The van der Waals surface area contributed by atoms with Gasteiger partial charge in [0.05, 0.1) is 13.2 Å². The lowest BCUT2D eigenvalue weighted by atomic mass is 10.1. The molecule has 0 unspecified atom stereocenters. The third-order valence-electron chi connectivity index (χ3n) is 4.52. The minimum atomic E-state index is -0.274. The second kappa shape index (κ2) is 12.1. The van der Waals surface area contributed by atoms with E-state index in [9.17, 15) is 9.59 Å². The van der Waals surface area contributed by atoms with Crippen LogP contribution in [0.15, 0.2) is 34.9 Å². The van der Waals surface area contributed by atoms with Gasteiger partial charge >= 0.3 is 0 Å². The zero-order valence-electron chi connectivity index (χ0n) is 19.3. The Balaban J connectivity index is 2.06. The van der Waals surface area contributed by atoms with Gasteiger partial charge < -0.3 is 19.4 Å². The Labute approximate surface area is 185 Å². The lowest BCUT2D eigenvalue weighted by Gasteiger charge is -2.23. The van der Waals surface area contributed by atoms with E-state index < -0.39 is 0 Å². The number of rotatable bonds is 12. The average molecular weight is 430 g/mol. The maximum atomic E-state index is 13.1. The fraction of sp³-hybridized carbons (Fsp3) is 0.542. The van der Waals surface area contributed by atoms with Crippen molar-refractivity contribution in [1.82, 2.24) is 15.2 Å². The van der Waals surface area contributed by atoms with Crippen molar-refractivity contribution >= 4 is 11.8 Å². The van der Waals surface area contributed by atoms with Crippen molar-refractivity contribution in [3.05, 3.63) is 47.7 Å². The minimum absolute atomic E-state index is 0.113. The maximum absolute atomic E-state index is 13.1. The first-order valence-electron chi connectivity index (χ1n) is 11.0. The van der Waals surface area contributed by atoms with Crippen LogP contribution in [0.3, 0.4) is 0 Å². The number of oxazole rings is 1. The van der Waals surface area contributed by atoms with Crippen LogP contribution in [0, 0.1) is 11.8 Å². The third-order valence-corrected chi connectivity index (χ3v) is 4.52. The highest BCUT2D eigenvalue weighted by Crippen LogP contribution is 2.17. The highest BCUT2D eigenvalue weighted by Gasteiger charge is 2.21. The summed E-state index contributed by atoms with van der Waals surface area (Å²) < 4.78 is 11.2. The van der Waals surface area contributed by atoms with Crippen LogP contribution in [0.2, 0.25) is 0 Å². The highest BCUT2D eigenvalue weighted by atomic mass is 16.5. The molecule has 31 heavy (non-hydrogen) atoms. The van der Waals surface area contributed by atoms with Crippen molar-refractivity contribution in [3.8, 4) is 5.75 Å². The number of hydrogen-bond acceptors (Lipinski definition) is 5. The summed E-state index contributed by atoms with van der Waals surface area (Å²) in [6.45, 7) is 12.2. The van der Waals surface area contributed by atoms with Crippen LogP contribution in [0.25, 0.3) is 0 Å². The quantitative estimate of drug-likeness (QED) is 0.501. The molecule has 0 aliphatic rings. The smallest absolute Gasteiger partial charge is 0.273 e. The Bertz CT molecular complexity index is 828. The second-order valence-corrected chi connectivity index (χ2v) is 8.54. The van der Waals surface area contributed by atoms with Crippen molar-refractivity contribution in [2.75, 3.05) is 19.7 Å². The number of amides is 2. The van der Waals surface area contributed by atoms with Crippen molar-refractivity contribution in [2.45, 2.75) is 54.0 Å². The van der Waals surface area contributed by atoms with E-state index in [1.165, 1.54) is 6.26 Å². The molecule has 0 aliphatic carbocycles. The van der Waals surface area contributed by atoms with Crippen molar-refractivity contribution in [2.24, 2.45) is 11.8 Å². The van der Waals surface area contributed by atoms with Crippen molar-refractivity contribution in [1.29, 1.82) is 0 Å². The van der Waals surface area contributed by atoms with E-state index in [0.29, 0.717) is 37.1 Å². The Morgan fingerprint density at radius 1 is 1.13 bits per heavy atom. The summed E-state index contributed by atoms with van der Waals surface area (Å²) in [5, 5.41) is 2.82. The molecule has 1 aromatic heterocycles. The zero-order valence-corrected chi connectivity index (χ0v) is 19.3. The molecule has 0 radical (unpaired) electrons. The van der Waals surface area contributed by atoms with E-state index in [2.05, 4.69) is 17.2 Å². The van der Waals surface area contributed by atoms with Gasteiger partial charge in [-0.2, -0.15) is 0 Å². The normalized spacial score (nSPS) is 11.1. The fourth-order valence-electron chi connectivity index (χ4n) is 2.91. The van der Waals surface area contributed by atoms with Crippen molar-refractivity contribution < 1.29 is 18.7 Å². The molecule has 0 atom stereocenters. The van der Waals surface area contributed by atoms with Crippen LogP contribution in [-0.4, -0.2) is 41.4 Å². The summed E-state index contributed by atoms with van der Waals surface area (Å²) in [7, 11) is 0. The number of hydrogen-bond donors (Lipinski definition) is 1. The Morgan fingerprint density at radius 3 is 2.45 bits per heavy atom. The number of carbonyl (C=O) groups is 2. The van der Waals surface area contributed by atoms with Crippen LogP contribution in [0.5, 0.6) is 5.75 Å². The van der Waals surface area contributed by atoms with Gasteiger partial charge in [0.15, 0.2) is 5.69 Å². The van der Waals surface area contributed by atoms with E-state index in [0.717, 1.165) is 18.6 Å². The molecule has 1 heterocycles. The monoisotopic (exact) mass is 429 g/mol. The lowest BCUT2D eigenvalue weighted by molar-refractivity contribution is 0.0706. The number of nitrogens with zero attached hydrogens (tertiary/aromatic N) is 2. The van der Waals surface area contributed by atoms with E-state index in [4.69, 9.17) is 9.15 Å². The van der Waals surface area contributed by atoms with Gasteiger partial charge in [-0.05, 0) is 42.5 Å².